The first-order valence-corrected chi connectivity index (χ1v) is 7.44. The Bertz CT molecular complexity index is 837. The zero-order valence-electron chi connectivity index (χ0n) is 13.0. The summed E-state index contributed by atoms with van der Waals surface area (Å²) in [6.07, 6.45) is 1.25. The van der Waals surface area contributed by atoms with Crippen molar-refractivity contribution in [3.05, 3.63) is 63.8 Å². The van der Waals surface area contributed by atoms with Crippen LogP contribution >= 0.6 is 0 Å². The predicted molar refractivity (Wildman–Crippen MR) is 83.3 cm³/mol. The molecule has 3 rings (SSSR count). The molecule has 0 spiro atoms. The molecule has 1 aromatic carbocycles. The van der Waals surface area contributed by atoms with Gasteiger partial charge in [-0.2, -0.15) is 0 Å². The highest BCUT2D eigenvalue weighted by Gasteiger charge is 2.43. The van der Waals surface area contributed by atoms with E-state index in [1.165, 1.54) is 36.4 Å². The summed E-state index contributed by atoms with van der Waals surface area (Å²) in [6, 6.07) is 6.80. The van der Waals surface area contributed by atoms with Crippen molar-refractivity contribution in [2.24, 2.45) is 0 Å². The number of carbonyl (C=O) groups excluding carboxylic acids is 1. The highest BCUT2D eigenvalue weighted by molar-refractivity contribution is 5.96. The number of pyridine rings is 1. The molecule has 0 aliphatic carbocycles. The third-order valence-corrected chi connectivity index (χ3v) is 4.20. The monoisotopic (exact) mass is 334 g/mol. The zero-order valence-corrected chi connectivity index (χ0v) is 13.0. The van der Waals surface area contributed by atoms with Crippen LogP contribution < -0.4 is 10.3 Å². The third kappa shape index (κ3) is 2.77. The molecule has 5 nitrogen and oxygen atoms in total. The number of hydrogen-bond donors (Lipinski definition) is 1. The Kier molecular flexibility index (Phi) is 4.09. The molecule has 24 heavy (non-hydrogen) atoms. The van der Waals surface area contributed by atoms with Crippen molar-refractivity contribution < 1.29 is 18.3 Å². The van der Waals surface area contributed by atoms with Crippen LogP contribution in [0.3, 0.4) is 0 Å². The maximum atomic E-state index is 15.2. The molecule has 1 atom stereocenters. The third-order valence-electron chi connectivity index (χ3n) is 4.20. The van der Waals surface area contributed by atoms with Gasteiger partial charge in [-0.25, -0.2) is 8.78 Å². The van der Waals surface area contributed by atoms with Crippen molar-refractivity contribution in [3.8, 4) is 5.75 Å². The van der Waals surface area contributed by atoms with E-state index >= 15 is 4.39 Å². The SMILES string of the molecule is COc1cc(=O)[nH]cc1C(=O)N1CC[C@@](F)(c2ccccc2F)C1. The van der Waals surface area contributed by atoms with Crippen molar-refractivity contribution in [3.63, 3.8) is 0 Å². The highest BCUT2D eigenvalue weighted by atomic mass is 19.1. The molecule has 1 fully saturated rings. The largest absolute Gasteiger partial charge is 0.496 e. The van der Waals surface area contributed by atoms with Crippen LogP contribution in [-0.4, -0.2) is 36.0 Å². The number of rotatable bonds is 3. The normalized spacial score (nSPS) is 20.2. The Hall–Kier alpha value is -2.70. The molecule has 0 bridgehead atoms. The molecule has 1 N–H and O–H groups in total. The minimum absolute atomic E-state index is 0.00530. The van der Waals surface area contributed by atoms with Gasteiger partial charge in [-0.1, -0.05) is 18.2 Å². The second kappa shape index (κ2) is 6.07. The first-order valence-electron chi connectivity index (χ1n) is 7.44. The molecule has 126 valence electrons. The highest BCUT2D eigenvalue weighted by Crippen LogP contribution is 2.38. The maximum absolute atomic E-state index is 15.2. The summed E-state index contributed by atoms with van der Waals surface area (Å²) < 4.78 is 34.1. The number of hydrogen-bond acceptors (Lipinski definition) is 3. The second-order valence-corrected chi connectivity index (χ2v) is 5.70. The van der Waals surface area contributed by atoms with Gasteiger partial charge < -0.3 is 14.6 Å². The summed E-state index contributed by atoms with van der Waals surface area (Å²) in [5.41, 5.74) is -2.25. The van der Waals surface area contributed by atoms with E-state index in [1.807, 2.05) is 0 Å². The standard InChI is InChI=1S/C17H16F2N2O3/c1-24-14-8-15(22)20-9-11(14)16(23)21-7-6-17(19,10-21)12-4-2-3-5-13(12)18/h2-5,8-9H,6-7,10H2,1H3,(H,20,22)/t17-/m0/s1. The number of nitrogens with zero attached hydrogens (tertiary/aromatic N) is 1. The molecule has 1 amide bonds. The number of nitrogens with one attached hydrogen (secondary N) is 1. The quantitative estimate of drug-likeness (QED) is 0.936. The van der Waals surface area contributed by atoms with Crippen LogP contribution in [0, 0.1) is 5.82 Å². The Morgan fingerprint density at radius 3 is 2.83 bits per heavy atom. The minimum Gasteiger partial charge on any atom is -0.496 e. The Morgan fingerprint density at radius 2 is 2.12 bits per heavy atom. The van der Waals surface area contributed by atoms with Crippen molar-refractivity contribution in [1.82, 2.24) is 9.88 Å². The van der Waals surface area contributed by atoms with Crippen molar-refractivity contribution >= 4 is 5.91 Å². The average molecular weight is 334 g/mol. The summed E-state index contributed by atoms with van der Waals surface area (Å²) in [5, 5.41) is 0. The summed E-state index contributed by atoms with van der Waals surface area (Å²) in [6.45, 7) is -0.110. The lowest BCUT2D eigenvalue weighted by Gasteiger charge is -2.22. The van der Waals surface area contributed by atoms with Gasteiger partial charge in [0.25, 0.3) is 11.5 Å². The lowest BCUT2D eigenvalue weighted by molar-refractivity contribution is 0.0744. The Balaban J connectivity index is 1.87. The Labute approximate surface area is 136 Å². The number of alkyl halides is 1. The van der Waals surface area contributed by atoms with Crippen LogP contribution in [0.15, 0.2) is 41.3 Å². The van der Waals surface area contributed by atoms with Gasteiger partial charge in [-0.3, -0.25) is 9.59 Å². The van der Waals surface area contributed by atoms with Gasteiger partial charge >= 0.3 is 0 Å². The first-order chi connectivity index (χ1) is 11.4. The fraction of sp³-hybridized carbons (Fsp3) is 0.294. The molecule has 1 aromatic heterocycles. The smallest absolute Gasteiger partial charge is 0.259 e. The van der Waals surface area contributed by atoms with Gasteiger partial charge in [-0.05, 0) is 6.07 Å². The van der Waals surface area contributed by atoms with E-state index in [4.69, 9.17) is 4.74 Å². The van der Waals surface area contributed by atoms with E-state index in [9.17, 15) is 14.0 Å². The predicted octanol–water partition coefficient (Wildman–Crippen LogP) is 2.23. The van der Waals surface area contributed by atoms with Crippen LogP contribution in [0.5, 0.6) is 5.75 Å². The molecule has 1 aliphatic heterocycles. The Morgan fingerprint density at radius 1 is 1.38 bits per heavy atom. The maximum Gasteiger partial charge on any atom is 0.259 e. The average Bonchev–Trinajstić information content (AvgIpc) is 2.98. The van der Waals surface area contributed by atoms with E-state index in [0.717, 1.165) is 6.07 Å². The number of H-pyrrole nitrogens is 1. The van der Waals surface area contributed by atoms with Gasteiger partial charge in [-0.15, -0.1) is 0 Å². The number of benzene rings is 1. The van der Waals surface area contributed by atoms with Crippen LogP contribution in [0.1, 0.15) is 22.3 Å². The fourth-order valence-electron chi connectivity index (χ4n) is 2.95. The zero-order chi connectivity index (χ0) is 17.3. The molecule has 7 heteroatoms. The van der Waals surface area contributed by atoms with Crippen molar-refractivity contribution in [2.75, 3.05) is 20.2 Å². The van der Waals surface area contributed by atoms with Crippen LogP contribution in [0.2, 0.25) is 0 Å². The minimum atomic E-state index is -1.93. The fourth-order valence-corrected chi connectivity index (χ4v) is 2.95. The van der Waals surface area contributed by atoms with E-state index in [2.05, 4.69) is 4.98 Å². The van der Waals surface area contributed by atoms with Crippen LogP contribution in [0.25, 0.3) is 0 Å². The lowest BCUT2D eigenvalue weighted by Crippen LogP contribution is -2.33. The molecule has 0 radical (unpaired) electrons. The first kappa shape index (κ1) is 16.2. The summed E-state index contributed by atoms with van der Waals surface area (Å²) in [4.78, 5) is 27.6. The van der Waals surface area contributed by atoms with E-state index in [1.54, 1.807) is 6.07 Å². The molecular formula is C17H16F2N2O3. The van der Waals surface area contributed by atoms with Gasteiger partial charge in [0.15, 0.2) is 5.67 Å². The molecule has 0 saturated carbocycles. The molecule has 1 saturated heterocycles. The number of aromatic amines is 1. The molecule has 0 unspecified atom stereocenters. The van der Waals surface area contributed by atoms with Gasteiger partial charge in [0.2, 0.25) is 0 Å². The van der Waals surface area contributed by atoms with Crippen LogP contribution in [0.4, 0.5) is 8.78 Å². The van der Waals surface area contributed by atoms with Gasteiger partial charge in [0, 0.05) is 30.8 Å². The summed E-state index contributed by atoms with van der Waals surface area (Å²) in [5.74, 6) is -0.985. The molecular weight excluding hydrogens is 318 g/mol. The van der Waals surface area contributed by atoms with Crippen molar-refractivity contribution in [2.45, 2.75) is 12.1 Å². The van der Waals surface area contributed by atoms with Gasteiger partial charge in [0.1, 0.15) is 11.6 Å². The lowest BCUT2D eigenvalue weighted by atomic mass is 9.94. The summed E-state index contributed by atoms with van der Waals surface area (Å²) in [7, 11) is 1.34. The number of halogens is 2. The molecule has 2 aromatic rings. The molecule has 2 heterocycles. The number of carbonyl (C=O) groups is 1. The number of likely N-dealkylation sites (tertiary alicyclic amines) is 1. The van der Waals surface area contributed by atoms with E-state index in [-0.39, 0.29) is 36.4 Å². The number of ether oxygens (including phenoxy) is 1. The number of methoxy groups -OCH3 is 1. The van der Waals surface area contributed by atoms with E-state index < -0.39 is 23.0 Å². The number of aromatic nitrogens is 1. The van der Waals surface area contributed by atoms with Crippen LogP contribution in [-0.2, 0) is 5.67 Å². The van der Waals surface area contributed by atoms with Crippen molar-refractivity contribution in [1.29, 1.82) is 0 Å². The second-order valence-electron chi connectivity index (χ2n) is 5.70. The topological polar surface area (TPSA) is 62.4 Å². The summed E-state index contributed by atoms with van der Waals surface area (Å²) >= 11 is 0. The number of amides is 1. The van der Waals surface area contributed by atoms with E-state index in [0.29, 0.717) is 0 Å². The molecule has 1 aliphatic rings. The van der Waals surface area contributed by atoms with Gasteiger partial charge in [0.05, 0.1) is 19.2 Å².